The molecule has 0 bridgehead atoms. The van der Waals surface area contributed by atoms with Gasteiger partial charge in [0.25, 0.3) is 0 Å². The second kappa shape index (κ2) is 6.46. The third kappa shape index (κ3) is 3.36. The Morgan fingerprint density at radius 1 is 1.36 bits per heavy atom. The molecule has 2 N–H and O–H groups in total. The van der Waals surface area contributed by atoms with E-state index in [4.69, 9.17) is 9.26 Å². The van der Waals surface area contributed by atoms with E-state index in [2.05, 4.69) is 31.8 Å². The van der Waals surface area contributed by atoms with E-state index in [-0.39, 0.29) is 6.10 Å². The molecule has 0 saturated heterocycles. The highest BCUT2D eigenvalue weighted by molar-refractivity contribution is 5.79. The Bertz CT molecular complexity index is 642. The first kappa shape index (κ1) is 14.4. The summed E-state index contributed by atoms with van der Waals surface area (Å²) in [6, 6.07) is 8.12. The molecule has 3 rings (SSSR count). The number of fused-ring (bicyclic) bond motifs is 1. The number of aliphatic imine (C=N–C) groups is 1. The maximum atomic E-state index is 5.88. The average molecular weight is 301 g/mol. The Balaban J connectivity index is 1.46. The lowest BCUT2D eigenvalue weighted by Crippen LogP contribution is -2.42. The fourth-order valence-electron chi connectivity index (χ4n) is 2.37. The molecule has 0 fully saturated rings. The van der Waals surface area contributed by atoms with E-state index in [0.29, 0.717) is 30.8 Å². The highest BCUT2D eigenvalue weighted by atomic mass is 16.5. The molecule has 0 aliphatic carbocycles. The van der Waals surface area contributed by atoms with Gasteiger partial charge < -0.3 is 19.9 Å². The molecule has 22 heavy (non-hydrogen) atoms. The summed E-state index contributed by atoms with van der Waals surface area (Å²) in [5.41, 5.74) is 1.25. The normalized spacial score (nSPS) is 17.0. The Hall–Kier alpha value is -2.57. The highest BCUT2D eigenvalue weighted by Gasteiger charge is 2.22. The van der Waals surface area contributed by atoms with Gasteiger partial charge in [0, 0.05) is 13.5 Å². The molecule has 0 radical (unpaired) electrons. The quantitative estimate of drug-likeness (QED) is 0.648. The number of para-hydroxylation sites is 1. The number of aryl methyl sites for hydroxylation is 1. The number of guanidine groups is 1. The Kier molecular flexibility index (Phi) is 4.22. The van der Waals surface area contributed by atoms with Gasteiger partial charge in [0.2, 0.25) is 5.89 Å². The van der Waals surface area contributed by atoms with Crippen LogP contribution in [-0.4, -0.2) is 35.8 Å². The average Bonchev–Trinajstić information content (AvgIpc) is 3.13. The number of benzene rings is 1. The molecule has 1 aliphatic rings. The Morgan fingerprint density at radius 3 is 2.95 bits per heavy atom. The first-order chi connectivity index (χ1) is 10.7. The number of hydrogen-bond donors (Lipinski definition) is 2. The van der Waals surface area contributed by atoms with Gasteiger partial charge in [-0.2, -0.15) is 4.98 Å². The van der Waals surface area contributed by atoms with Crippen molar-refractivity contribution in [3.8, 4) is 5.75 Å². The summed E-state index contributed by atoms with van der Waals surface area (Å²) in [4.78, 5) is 8.30. The van der Waals surface area contributed by atoms with Crippen molar-refractivity contribution in [2.24, 2.45) is 4.99 Å². The number of nitrogens with zero attached hydrogens (tertiary/aromatic N) is 3. The summed E-state index contributed by atoms with van der Waals surface area (Å²) in [6.45, 7) is 2.90. The minimum absolute atomic E-state index is 0.113. The fourth-order valence-corrected chi connectivity index (χ4v) is 2.37. The first-order valence-electron chi connectivity index (χ1n) is 7.23. The van der Waals surface area contributed by atoms with Gasteiger partial charge in [-0.3, -0.25) is 4.99 Å². The van der Waals surface area contributed by atoms with Crippen molar-refractivity contribution in [3.05, 3.63) is 41.5 Å². The molecule has 0 saturated carbocycles. The standard InChI is InChI=1S/C15H19N5O2/c1-10-19-14(22-20-10)9-18-15(16-2)17-8-12-7-11-5-3-4-6-13(11)21-12/h3-6,12H,7-9H2,1-2H3,(H2,16,17,18). The van der Waals surface area contributed by atoms with Gasteiger partial charge in [0.1, 0.15) is 11.9 Å². The lowest BCUT2D eigenvalue weighted by atomic mass is 10.1. The summed E-state index contributed by atoms with van der Waals surface area (Å²) >= 11 is 0. The predicted molar refractivity (Wildman–Crippen MR) is 81.8 cm³/mol. The number of aromatic nitrogens is 2. The van der Waals surface area contributed by atoms with E-state index in [1.165, 1.54) is 5.56 Å². The van der Waals surface area contributed by atoms with E-state index < -0.39 is 0 Å². The van der Waals surface area contributed by atoms with Crippen molar-refractivity contribution in [1.82, 2.24) is 20.8 Å². The van der Waals surface area contributed by atoms with Crippen LogP contribution in [0.15, 0.2) is 33.8 Å². The van der Waals surface area contributed by atoms with E-state index in [9.17, 15) is 0 Å². The zero-order valence-electron chi connectivity index (χ0n) is 12.7. The topological polar surface area (TPSA) is 84.6 Å². The van der Waals surface area contributed by atoms with Crippen molar-refractivity contribution in [2.45, 2.75) is 26.0 Å². The van der Waals surface area contributed by atoms with Gasteiger partial charge in [0.15, 0.2) is 11.8 Å². The molecule has 7 heteroatoms. The van der Waals surface area contributed by atoms with Gasteiger partial charge in [-0.15, -0.1) is 0 Å². The van der Waals surface area contributed by atoms with E-state index in [0.717, 1.165) is 12.2 Å². The van der Waals surface area contributed by atoms with Crippen LogP contribution in [0.3, 0.4) is 0 Å². The van der Waals surface area contributed by atoms with E-state index >= 15 is 0 Å². The summed E-state index contributed by atoms with van der Waals surface area (Å²) in [7, 11) is 1.72. The first-order valence-corrected chi connectivity index (χ1v) is 7.23. The molecule has 0 amide bonds. The van der Waals surface area contributed by atoms with Gasteiger partial charge in [0.05, 0.1) is 13.1 Å². The van der Waals surface area contributed by atoms with Crippen LogP contribution >= 0.6 is 0 Å². The number of nitrogens with one attached hydrogen (secondary N) is 2. The van der Waals surface area contributed by atoms with Crippen LogP contribution in [0.4, 0.5) is 0 Å². The maximum Gasteiger partial charge on any atom is 0.246 e. The molecular weight excluding hydrogens is 282 g/mol. The molecule has 116 valence electrons. The molecule has 1 atom stereocenters. The third-order valence-electron chi connectivity index (χ3n) is 3.41. The van der Waals surface area contributed by atoms with Crippen molar-refractivity contribution in [1.29, 1.82) is 0 Å². The number of rotatable bonds is 4. The fraction of sp³-hybridized carbons (Fsp3) is 0.400. The molecule has 2 aromatic rings. The second-order valence-electron chi connectivity index (χ2n) is 5.09. The van der Waals surface area contributed by atoms with Crippen LogP contribution in [0.2, 0.25) is 0 Å². The Labute approximate surface area is 128 Å². The monoisotopic (exact) mass is 301 g/mol. The molecule has 1 unspecified atom stereocenters. The molecular formula is C15H19N5O2. The van der Waals surface area contributed by atoms with Gasteiger partial charge in [-0.1, -0.05) is 23.4 Å². The van der Waals surface area contributed by atoms with Crippen LogP contribution < -0.4 is 15.4 Å². The van der Waals surface area contributed by atoms with Crippen molar-refractivity contribution >= 4 is 5.96 Å². The van der Waals surface area contributed by atoms with E-state index in [1.807, 2.05) is 18.2 Å². The molecule has 0 spiro atoms. The van der Waals surface area contributed by atoms with Crippen LogP contribution in [0.5, 0.6) is 5.75 Å². The molecule has 1 aromatic heterocycles. The minimum atomic E-state index is 0.113. The minimum Gasteiger partial charge on any atom is -0.488 e. The maximum absolute atomic E-state index is 5.88. The smallest absolute Gasteiger partial charge is 0.246 e. The molecule has 2 heterocycles. The Morgan fingerprint density at radius 2 is 2.23 bits per heavy atom. The van der Waals surface area contributed by atoms with Crippen molar-refractivity contribution in [3.63, 3.8) is 0 Å². The van der Waals surface area contributed by atoms with Crippen LogP contribution in [-0.2, 0) is 13.0 Å². The molecule has 1 aromatic carbocycles. The SMILES string of the molecule is CN=C(NCc1nc(C)no1)NCC1Cc2ccccc2O1. The lowest BCUT2D eigenvalue weighted by molar-refractivity contribution is 0.235. The van der Waals surface area contributed by atoms with Crippen LogP contribution in [0.1, 0.15) is 17.3 Å². The molecule has 1 aliphatic heterocycles. The number of ether oxygens (including phenoxy) is 1. The highest BCUT2D eigenvalue weighted by Crippen LogP contribution is 2.27. The van der Waals surface area contributed by atoms with Gasteiger partial charge in [-0.25, -0.2) is 0 Å². The lowest BCUT2D eigenvalue weighted by Gasteiger charge is -2.14. The summed E-state index contributed by atoms with van der Waals surface area (Å²) in [6.07, 6.45) is 1.02. The summed E-state index contributed by atoms with van der Waals surface area (Å²) in [5.74, 6) is 2.80. The molecule has 7 nitrogen and oxygen atoms in total. The van der Waals surface area contributed by atoms with Crippen molar-refractivity contribution < 1.29 is 9.26 Å². The van der Waals surface area contributed by atoms with Gasteiger partial charge >= 0.3 is 0 Å². The summed E-state index contributed by atoms with van der Waals surface area (Å²) < 4.78 is 10.9. The zero-order valence-corrected chi connectivity index (χ0v) is 12.7. The van der Waals surface area contributed by atoms with Crippen molar-refractivity contribution in [2.75, 3.05) is 13.6 Å². The zero-order chi connectivity index (χ0) is 15.4. The summed E-state index contributed by atoms with van der Waals surface area (Å²) in [5, 5.41) is 10.1. The predicted octanol–water partition coefficient (Wildman–Crippen LogP) is 1.05. The van der Waals surface area contributed by atoms with Crippen LogP contribution in [0.25, 0.3) is 0 Å². The number of hydrogen-bond acceptors (Lipinski definition) is 5. The van der Waals surface area contributed by atoms with E-state index in [1.54, 1.807) is 14.0 Å². The van der Waals surface area contributed by atoms with Gasteiger partial charge in [-0.05, 0) is 18.6 Å². The third-order valence-corrected chi connectivity index (χ3v) is 3.41. The second-order valence-corrected chi connectivity index (χ2v) is 5.09. The largest absolute Gasteiger partial charge is 0.488 e. The van der Waals surface area contributed by atoms with Crippen LogP contribution in [0, 0.1) is 6.92 Å².